The third-order valence-electron chi connectivity index (χ3n) is 2.81. The van der Waals surface area contributed by atoms with Crippen LogP contribution in [0.5, 0.6) is 0 Å². The van der Waals surface area contributed by atoms with Crippen molar-refractivity contribution in [1.29, 1.82) is 0 Å². The highest BCUT2D eigenvalue weighted by Gasteiger charge is 2.11. The molecule has 20 heavy (non-hydrogen) atoms. The third kappa shape index (κ3) is 3.39. The van der Waals surface area contributed by atoms with Crippen molar-refractivity contribution in [3.05, 3.63) is 56.5 Å². The number of hydrogen-bond acceptors (Lipinski definition) is 3. The maximum atomic E-state index is 12.3. The van der Waals surface area contributed by atoms with Crippen LogP contribution in [0.4, 0.5) is 11.4 Å². The molecule has 4 nitrogen and oxygen atoms in total. The van der Waals surface area contributed by atoms with E-state index in [1.807, 2.05) is 31.2 Å². The Morgan fingerprint density at radius 2 is 1.90 bits per heavy atom. The molecule has 104 valence electrons. The molecular weight excluding hydrogens is 386 g/mol. The number of carbonyl (C=O) groups is 1. The second-order valence-electron chi connectivity index (χ2n) is 4.25. The number of anilines is 2. The van der Waals surface area contributed by atoms with E-state index in [9.17, 15) is 4.79 Å². The van der Waals surface area contributed by atoms with Gasteiger partial charge in [-0.25, -0.2) is 0 Å². The van der Waals surface area contributed by atoms with Gasteiger partial charge in [0.15, 0.2) is 0 Å². The first-order valence-corrected chi connectivity index (χ1v) is 7.43. The molecule has 0 aliphatic heterocycles. The van der Waals surface area contributed by atoms with Crippen molar-refractivity contribution in [2.45, 2.75) is 6.92 Å². The number of amides is 1. The largest absolute Gasteiger partial charge is 0.324 e. The van der Waals surface area contributed by atoms with Crippen LogP contribution < -0.4 is 16.6 Å². The Balaban J connectivity index is 2.26. The van der Waals surface area contributed by atoms with Crippen LogP contribution in [0.25, 0.3) is 0 Å². The fourth-order valence-electron chi connectivity index (χ4n) is 1.79. The lowest BCUT2D eigenvalue weighted by Crippen LogP contribution is -2.14. The Morgan fingerprint density at radius 1 is 1.15 bits per heavy atom. The van der Waals surface area contributed by atoms with Crippen molar-refractivity contribution < 1.29 is 4.79 Å². The van der Waals surface area contributed by atoms with Crippen LogP contribution in [0, 0.1) is 6.92 Å². The van der Waals surface area contributed by atoms with Gasteiger partial charge in [-0.05, 0) is 64.8 Å². The highest BCUT2D eigenvalue weighted by Crippen LogP contribution is 2.27. The molecule has 0 radical (unpaired) electrons. The second kappa shape index (κ2) is 6.39. The van der Waals surface area contributed by atoms with E-state index in [2.05, 4.69) is 42.6 Å². The van der Waals surface area contributed by atoms with Crippen LogP contribution in [0.3, 0.4) is 0 Å². The van der Waals surface area contributed by atoms with E-state index in [0.717, 1.165) is 20.2 Å². The van der Waals surface area contributed by atoms with Crippen molar-refractivity contribution in [2.24, 2.45) is 5.84 Å². The molecule has 0 fully saturated rings. The number of rotatable bonds is 3. The summed E-state index contributed by atoms with van der Waals surface area (Å²) in [6, 6.07) is 10.9. The molecule has 2 rings (SSSR count). The lowest BCUT2D eigenvalue weighted by atomic mass is 10.1. The van der Waals surface area contributed by atoms with E-state index in [-0.39, 0.29) is 5.91 Å². The normalized spacial score (nSPS) is 10.2. The Hall–Kier alpha value is -1.37. The van der Waals surface area contributed by atoms with Gasteiger partial charge in [0.1, 0.15) is 0 Å². The highest BCUT2D eigenvalue weighted by atomic mass is 79.9. The molecule has 6 heteroatoms. The summed E-state index contributed by atoms with van der Waals surface area (Å²) in [6.07, 6.45) is 0. The first kappa shape index (κ1) is 15.0. The molecule has 0 saturated carbocycles. The van der Waals surface area contributed by atoms with Gasteiger partial charge in [-0.15, -0.1) is 0 Å². The number of nitrogens with two attached hydrogens (primary N) is 1. The van der Waals surface area contributed by atoms with Crippen LogP contribution in [0.2, 0.25) is 0 Å². The minimum Gasteiger partial charge on any atom is -0.324 e. The average Bonchev–Trinajstić information content (AvgIpc) is 2.42. The van der Waals surface area contributed by atoms with E-state index < -0.39 is 0 Å². The van der Waals surface area contributed by atoms with Gasteiger partial charge in [0.05, 0.1) is 5.69 Å². The molecule has 0 unspecified atom stereocenters. The van der Waals surface area contributed by atoms with Crippen LogP contribution in [-0.4, -0.2) is 5.91 Å². The molecule has 0 aliphatic rings. The number of benzene rings is 2. The quantitative estimate of drug-likeness (QED) is 0.539. The third-order valence-corrected chi connectivity index (χ3v) is 4.00. The van der Waals surface area contributed by atoms with Crippen LogP contribution in [-0.2, 0) is 0 Å². The summed E-state index contributed by atoms with van der Waals surface area (Å²) in [7, 11) is 0. The first-order chi connectivity index (χ1) is 9.51. The number of nitrogen functional groups attached to an aromatic ring is 1. The standard InChI is InChI=1S/C14H13Br2N3O/c1-8-6-10(19-17)3-4-11(8)14(20)18-13-7-9(15)2-5-12(13)16/h2-7,19H,17H2,1H3,(H,18,20). The monoisotopic (exact) mass is 397 g/mol. The summed E-state index contributed by atoms with van der Waals surface area (Å²) in [5, 5.41) is 2.88. The van der Waals surface area contributed by atoms with Crippen molar-refractivity contribution in [3.63, 3.8) is 0 Å². The summed E-state index contributed by atoms with van der Waals surface area (Å²) < 4.78 is 1.72. The SMILES string of the molecule is Cc1cc(NN)ccc1C(=O)Nc1cc(Br)ccc1Br. The molecule has 1 amide bonds. The van der Waals surface area contributed by atoms with Gasteiger partial charge in [-0.2, -0.15) is 0 Å². The molecular formula is C14H13Br2N3O. The molecule has 0 atom stereocenters. The van der Waals surface area contributed by atoms with E-state index >= 15 is 0 Å². The Morgan fingerprint density at radius 3 is 2.55 bits per heavy atom. The maximum absolute atomic E-state index is 12.3. The van der Waals surface area contributed by atoms with Gasteiger partial charge in [0.25, 0.3) is 5.91 Å². The van der Waals surface area contributed by atoms with Gasteiger partial charge in [-0.1, -0.05) is 15.9 Å². The topological polar surface area (TPSA) is 67.1 Å². The minimum absolute atomic E-state index is 0.162. The molecule has 2 aromatic rings. The van der Waals surface area contributed by atoms with E-state index in [1.54, 1.807) is 12.1 Å². The fraction of sp³-hybridized carbons (Fsp3) is 0.0714. The van der Waals surface area contributed by atoms with Gasteiger partial charge < -0.3 is 10.7 Å². The smallest absolute Gasteiger partial charge is 0.255 e. The predicted octanol–water partition coefficient (Wildman–Crippen LogP) is 4.06. The lowest BCUT2D eigenvalue weighted by molar-refractivity contribution is 0.102. The summed E-state index contributed by atoms with van der Waals surface area (Å²) in [4.78, 5) is 12.3. The maximum Gasteiger partial charge on any atom is 0.255 e. The number of carbonyl (C=O) groups excluding carboxylic acids is 1. The van der Waals surface area contributed by atoms with E-state index in [4.69, 9.17) is 5.84 Å². The van der Waals surface area contributed by atoms with Gasteiger partial charge in [0.2, 0.25) is 0 Å². The van der Waals surface area contributed by atoms with Crippen LogP contribution in [0.1, 0.15) is 15.9 Å². The Bertz CT molecular complexity index is 659. The summed E-state index contributed by atoms with van der Waals surface area (Å²) in [5.74, 6) is 5.18. The van der Waals surface area contributed by atoms with Crippen molar-refractivity contribution in [1.82, 2.24) is 0 Å². The molecule has 0 saturated heterocycles. The number of aryl methyl sites for hydroxylation is 1. The molecule has 0 bridgehead atoms. The van der Waals surface area contributed by atoms with Crippen LogP contribution >= 0.6 is 31.9 Å². The van der Waals surface area contributed by atoms with Gasteiger partial charge in [-0.3, -0.25) is 10.6 Å². The number of nitrogens with one attached hydrogen (secondary N) is 2. The lowest BCUT2D eigenvalue weighted by Gasteiger charge is -2.11. The zero-order valence-electron chi connectivity index (χ0n) is 10.7. The summed E-state index contributed by atoms with van der Waals surface area (Å²) in [6.45, 7) is 1.87. The Kier molecular flexibility index (Phi) is 4.80. The first-order valence-electron chi connectivity index (χ1n) is 5.85. The zero-order valence-corrected chi connectivity index (χ0v) is 13.9. The Labute approximate surface area is 134 Å². The summed E-state index contributed by atoms with van der Waals surface area (Å²) in [5.41, 5.74) is 5.49. The minimum atomic E-state index is -0.162. The molecule has 0 spiro atoms. The van der Waals surface area contributed by atoms with Crippen molar-refractivity contribution in [2.75, 3.05) is 10.7 Å². The van der Waals surface area contributed by atoms with E-state index in [1.165, 1.54) is 0 Å². The highest BCUT2D eigenvalue weighted by molar-refractivity contribution is 9.11. The second-order valence-corrected chi connectivity index (χ2v) is 6.02. The number of halogens is 2. The van der Waals surface area contributed by atoms with Gasteiger partial charge >= 0.3 is 0 Å². The fourth-order valence-corrected chi connectivity index (χ4v) is 2.50. The summed E-state index contributed by atoms with van der Waals surface area (Å²) >= 11 is 6.79. The zero-order chi connectivity index (χ0) is 14.7. The van der Waals surface area contributed by atoms with Gasteiger partial charge in [0, 0.05) is 20.2 Å². The number of hydrogen-bond donors (Lipinski definition) is 3. The molecule has 2 aromatic carbocycles. The number of hydrazine groups is 1. The average molecular weight is 399 g/mol. The van der Waals surface area contributed by atoms with Crippen molar-refractivity contribution in [3.8, 4) is 0 Å². The molecule has 0 heterocycles. The molecule has 0 aromatic heterocycles. The van der Waals surface area contributed by atoms with Crippen molar-refractivity contribution >= 4 is 49.1 Å². The van der Waals surface area contributed by atoms with Crippen LogP contribution in [0.15, 0.2) is 45.3 Å². The molecule has 0 aliphatic carbocycles. The predicted molar refractivity (Wildman–Crippen MR) is 88.8 cm³/mol. The van der Waals surface area contributed by atoms with E-state index in [0.29, 0.717) is 11.3 Å². The molecule has 4 N–H and O–H groups in total.